The number of esters is 1. The van der Waals surface area contributed by atoms with Gasteiger partial charge >= 0.3 is 5.97 Å². The number of rotatable bonds is 8. The maximum Gasteiger partial charge on any atom is 0.307 e. The predicted octanol–water partition coefficient (Wildman–Crippen LogP) is 3.37. The van der Waals surface area contributed by atoms with Crippen LogP contribution in [-0.4, -0.2) is 36.9 Å². The van der Waals surface area contributed by atoms with Gasteiger partial charge in [0.2, 0.25) is 0 Å². The van der Waals surface area contributed by atoms with Crippen LogP contribution in [0.4, 0.5) is 5.69 Å². The van der Waals surface area contributed by atoms with Crippen molar-refractivity contribution in [1.82, 2.24) is 0 Å². The summed E-state index contributed by atoms with van der Waals surface area (Å²) in [5.41, 5.74) is 1.09. The number of carbonyl (C=O) groups is 3. The number of fused-ring (bicyclic) bond motifs is 1. The van der Waals surface area contributed by atoms with Crippen molar-refractivity contribution in [3.63, 3.8) is 0 Å². The SMILES string of the molecule is CCCC(=O)c1ccc2c(c1)N(CCC(=O)OCC)C(=O)C(C(C)C)O2. The van der Waals surface area contributed by atoms with Gasteiger partial charge in [-0.05, 0) is 37.5 Å². The summed E-state index contributed by atoms with van der Waals surface area (Å²) in [6, 6.07) is 5.15. The number of ketones is 1. The molecule has 6 nitrogen and oxygen atoms in total. The summed E-state index contributed by atoms with van der Waals surface area (Å²) in [5, 5.41) is 0. The number of hydrogen-bond acceptors (Lipinski definition) is 5. The van der Waals surface area contributed by atoms with E-state index >= 15 is 0 Å². The fourth-order valence-corrected chi connectivity index (χ4v) is 2.92. The highest BCUT2D eigenvalue weighted by Gasteiger charge is 2.36. The number of anilines is 1. The fourth-order valence-electron chi connectivity index (χ4n) is 2.92. The van der Waals surface area contributed by atoms with Crippen molar-refractivity contribution in [1.29, 1.82) is 0 Å². The second kappa shape index (κ2) is 8.83. The van der Waals surface area contributed by atoms with Crippen molar-refractivity contribution in [3.05, 3.63) is 23.8 Å². The molecule has 1 aliphatic rings. The average Bonchev–Trinajstić information content (AvgIpc) is 2.60. The quantitative estimate of drug-likeness (QED) is 0.524. The minimum Gasteiger partial charge on any atom is -0.478 e. The molecule has 0 radical (unpaired) electrons. The highest BCUT2D eigenvalue weighted by molar-refractivity contribution is 6.03. The lowest BCUT2D eigenvalue weighted by Crippen LogP contribution is -2.49. The van der Waals surface area contributed by atoms with Gasteiger partial charge in [0.15, 0.2) is 11.9 Å². The molecule has 0 spiro atoms. The first kappa shape index (κ1) is 19.9. The van der Waals surface area contributed by atoms with Gasteiger partial charge in [-0.2, -0.15) is 0 Å². The van der Waals surface area contributed by atoms with E-state index < -0.39 is 6.10 Å². The van der Waals surface area contributed by atoms with Crippen LogP contribution >= 0.6 is 0 Å². The van der Waals surface area contributed by atoms with E-state index in [-0.39, 0.29) is 36.5 Å². The molecule has 1 aromatic rings. The lowest BCUT2D eigenvalue weighted by molar-refractivity contribution is -0.142. The van der Waals surface area contributed by atoms with E-state index in [1.165, 1.54) is 0 Å². The molecule has 0 N–H and O–H groups in total. The summed E-state index contributed by atoms with van der Waals surface area (Å²) < 4.78 is 10.8. The lowest BCUT2D eigenvalue weighted by atomic mass is 10.0. The van der Waals surface area contributed by atoms with Crippen LogP contribution in [-0.2, 0) is 14.3 Å². The molecule has 6 heteroatoms. The summed E-state index contributed by atoms with van der Waals surface area (Å²) in [5.74, 6) is 0.0194. The van der Waals surface area contributed by atoms with Crippen molar-refractivity contribution in [2.24, 2.45) is 5.92 Å². The van der Waals surface area contributed by atoms with Crippen molar-refractivity contribution < 1.29 is 23.9 Å². The average molecular weight is 361 g/mol. The van der Waals surface area contributed by atoms with Gasteiger partial charge in [-0.3, -0.25) is 14.4 Å². The highest BCUT2D eigenvalue weighted by atomic mass is 16.5. The topological polar surface area (TPSA) is 72.9 Å². The zero-order valence-electron chi connectivity index (χ0n) is 15.9. The van der Waals surface area contributed by atoms with E-state index in [1.807, 2.05) is 20.8 Å². The Bertz CT molecular complexity index is 683. The number of nitrogens with zero attached hydrogens (tertiary/aromatic N) is 1. The Hall–Kier alpha value is -2.37. The Morgan fingerprint density at radius 2 is 1.96 bits per heavy atom. The fraction of sp³-hybridized carbons (Fsp3) is 0.550. The maximum atomic E-state index is 12.9. The van der Waals surface area contributed by atoms with Crippen molar-refractivity contribution >= 4 is 23.3 Å². The molecule has 0 saturated carbocycles. The standard InChI is InChI=1S/C20H27NO5/c1-5-7-16(22)14-8-9-17-15(12-14)21(11-10-18(23)25-6-2)20(24)19(26-17)13(3)4/h8-9,12-13,19H,5-7,10-11H2,1-4H3. The number of carbonyl (C=O) groups excluding carboxylic acids is 3. The molecule has 1 atom stereocenters. The third kappa shape index (κ3) is 4.42. The lowest BCUT2D eigenvalue weighted by Gasteiger charge is -2.36. The summed E-state index contributed by atoms with van der Waals surface area (Å²) >= 11 is 0. The molecule has 0 aliphatic carbocycles. The van der Waals surface area contributed by atoms with Crippen LogP contribution in [0.1, 0.15) is 57.3 Å². The van der Waals surface area contributed by atoms with Crippen LogP contribution in [0.25, 0.3) is 0 Å². The summed E-state index contributed by atoms with van der Waals surface area (Å²) in [6.45, 7) is 8.02. The Kier molecular flexibility index (Phi) is 6.77. The third-order valence-corrected chi connectivity index (χ3v) is 4.26. The van der Waals surface area contributed by atoms with E-state index in [1.54, 1.807) is 30.0 Å². The van der Waals surface area contributed by atoms with Gasteiger partial charge in [0.25, 0.3) is 5.91 Å². The van der Waals surface area contributed by atoms with Crippen molar-refractivity contribution in [2.75, 3.05) is 18.1 Å². The van der Waals surface area contributed by atoms with Gasteiger partial charge in [-0.25, -0.2) is 0 Å². The second-order valence-electron chi connectivity index (χ2n) is 6.68. The third-order valence-electron chi connectivity index (χ3n) is 4.26. The van der Waals surface area contributed by atoms with Gasteiger partial charge in [0.05, 0.1) is 18.7 Å². The van der Waals surface area contributed by atoms with Crippen LogP contribution in [0, 0.1) is 5.92 Å². The molecule has 1 unspecified atom stereocenters. The molecule has 1 aliphatic heterocycles. The smallest absolute Gasteiger partial charge is 0.307 e. The molecule has 2 rings (SSSR count). The normalized spacial score (nSPS) is 16.3. The van der Waals surface area contributed by atoms with Crippen LogP contribution in [0.2, 0.25) is 0 Å². The number of amides is 1. The summed E-state index contributed by atoms with van der Waals surface area (Å²) in [4.78, 5) is 38.4. The number of ether oxygens (including phenoxy) is 2. The molecule has 0 bridgehead atoms. The Labute approximate surface area is 154 Å². The van der Waals surface area contributed by atoms with Crippen LogP contribution in [0.5, 0.6) is 5.75 Å². The predicted molar refractivity (Wildman–Crippen MR) is 98.5 cm³/mol. The van der Waals surface area contributed by atoms with Gasteiger partial charge in [0, 0.05) is 18.5 Å². The molecule has 1 aromatic carbocycles. The summed E-state index contributed by atoms with van der Waals surface area (Å²) in [7, 11) is 0. The number of hydrogen-bond donors (Lipinski definition) is 0. The van der Waals surface area contributed by atoms with E-state index in [0.29, 0.717) is 30.0 Å². The van der Waals surface area contributed by atoms with E-state index in [4.69, 9.17) is 9.47 Å². The highest BCUT2D eigenvalue weighted by Crippen LogP contribution is 2.37. The largest absolute Gasteiger partial charge is 0.478 e. The number of Topliss-reactive ketones (excluding diaryl/α,β-unsaturated/α-hetero) is 1. The molecule has 1 heterocycles. The Balaban J connectivity index is 2.34. The van der Waals surface area contributed by atoms with Crippen LogP contribution in [0.3, 0.4) is 0 Å². The summed E-state index contributed by atoms with van der Waals surface area (Å²) in [6.07, 6.45) is 0.692. The molecule has 0 aromatic heterocycles. The van der Waals surface area contributed by atoms with Crippen LogP contribution < -0.4 is 9.64 Å². The number of benzene rings is 1. The van der Waals surface area contributed by atoms with E-state index in [9.17, 15) is 14.4 Å². The minimum atomic E-state index is -0.609. The molecule has 0 saturated heterocycles. The zero-order valence-corrected chi connectivity index (χ0v) is 15.9. The van der Waals surface area contributed by atoms with E-state index in [0.717, 1.165) is 6.42 Å². The monoisotopic (exact) mass is 361 g/mol. The molecule has 142 valence electrons. The first-order valence-corrected chi connectivity index (χ1v) is 9.19. The molecular formula is C20H27NO5. The first-order chi connectivity index (χ1) is 12.4. The molecular weight excluding hydrogens is 334 g/mol. The Morgan fingerprint density at radius 3 is 2.58 bits per heavy atom. The Morgan fingerprint density at radius 1 is 1.23 bits per heavy atom. The van der Waals surface area contributed by atoms with Gasteiger partial charge in [-0.1, -0.05) is 20.8 Å². The maximum absolute atomic E-state index is 12.9. The first-order valence-electron chi connectivity index (χ1n) is 9.19. The van der Waals surface area contributed by atoms with Gasteiger partial charge in [-0.15, -0.1) is 0 Å². The van der Waals surface area contributed by atoms with Gasteiger partial charge in [0.1, 0.15) is 5.75 Å². The van der Waals surface area contributed by atoms with E-state index in [2.05, 4.69) is 0 Å². The molecule has 26 heavy (non-hydrogen) atoms. The van der Waals surface area contributed by atoms with Crippen molar-refractivity contribution in [3.8, 4) is 5.75 Å². The minimum absolute atomic E-state index is 0.0119. The van der Waals surface area contributed by atoms with Crippen LogP contribution in [0.15, 0.2) is 18.2 Å². The zero-order chi connectivity index (χ0) is 19.3. The molecule has 1 amide bonds. The second-order valence-corrected chi connectivity index (χ2v) is 6.68. The van der Waals surface area contributed by atoms with Crippen molar-refractivity contribution in [2.45, 2.75) is 53.1 Å². The van der Waals surface area contributed by atoms with Gasteiger partial charge < -0.3 is 14.4 Å². The molecule has 0 fully saturated rings.